The predicted octanol–water partition coefficient (Wildman–Crippen LogP) is 6.17. The normalized spacial score (nSPS) is 15.5. The molecule has 0 aliphatic heterocycles. The lowest BCUT2D eigenvalue weighted by Crippen LogP contribution is -2.42. The Labute approximate surface area is 143 Å². The Morgan fingerprint density at radius 3 is 2.05 bits per heavy atom. The molecule has 124 valence electrons. The van der Waals surface area contributed by atoms with Gasteiger partial charge in [-0.2, -0.15) is 0 Å². The quantitative estimate of drug-likeness (QED) is 0.482. The van der Waals surface area contributed by atoms with Gasteiger partial charge in [-0.05, 0) is 35.0 Å². The highest BCUT2D eigenvalue weighted by atomic mass is 32.2. The van der Waals surface area contributed by atoms with Crippen molar-refractivity contribution in [2.24, 2.45) is 16.2 Å². The number of hydrogen-bond donors (Lipinski definition) is 0. The summed E-state index contributed by atoms with van der Waals surface area (Å²) < 4.78 is 0. The van der Waals surface area contributed by atoms with Crippen LogP contribution in [-0.2, 0) is 11.0 Å². The van der Waals surface area contributed by atoms with Crippen molar-refractivity contribution in [1.29, 1.82) is 0 Å². The van der Waals surface area contributed by atoms with Gasteiger partial charge in [-0.1, -0.05) is 78.4 Å². The molecule has 1 rings (SSSR count). The lowest BCUT2D eigenvalue weighted by molar-refractivity contribution is -0.126. The monoisotopic (exact) mass is 338 g/mol. The lowest BCUT2D eigenvalue weighted by atomic mass is 9.62. The molecule has 1 aromatic rings. The minimum Gasteiger partial charge on any atom is -0.286 e. The summed E-state index contributed by atoms with van der Waals surface area (Å²) in [6, 6.07) is 8.20. The molecule has 0 N–H and O–H groups in total. The molecule has 0 radical (unpaired) electrons. The van der Waals surface area contributed by atoms with Crippen molar-refractivity contribution in [3.63, 3.8) is 0 Å². The third-order valence-electron chi connectivity index (χ3n) is 4.38. The van der Waals surface area contributed by atoms with Crippen molar-refractivity contribution in [2.75, 3.05) is 0 Å². The first-order chi connectivity index (χ1) is 9.90. The van der Waals surface area contributed by atoms with E-state index in [4.69, 9.17) is 0 Å². The van der Waals surface area contributed by atoms with E-state index in [1.807, 2.05) is 12.1 Å². The fraction of sp³-hybridized carbons (Fsp3) is 0.632. The average molecular weight is 338 g/mol. The van der Waals surface area contributed by atoms with Gasteiger partial charge in [0.15, 0.2) is 5.12 Å². The van der Waals surface area contributed by atoms with Gasteiger partial charge in [-0.25, -0.2) is 0 Å². The Balaban J connectivity index is 3.14. The first-order valence-electron chi connectivity index (χ1n) is 7.91. The second-order valence-electron chi connectivity index (χ2n) is 8.52. The summed E-state index contributed by atoms with van der Waals surface area (Å²) in [4.78, 5) is 14.3. The van der Waals surface area contributed by atoms with Crippen LogP contribution in [0.1, 0.15) is 60.5 Å². The molecule has 2 atom stereocenters. The molecule has 0 fully saturated rings. The van der Waals surface area contributed by atoms with Crippen LogP contribution in [0.4, 0.5) is 0 Å². The second-order valence-corrected chi connectivity index (χ2v) is 9.94. The van der Waals surface area contributed by atoms with Gasteiger partial charge in [0.1, 0.15) is 0 Å². The van der Waals surface area contributed by atoms with E-state index in [1.54, 1.807) is 0 Å². The van der Waals surface area contributed by atoms with E-state index in [-0.39, 0.29) is 21.4 Å². The minimum atomic E-state index is -0.357. The summed E-state index contributed by atoms with van der Waals surface area (Å²) in [5, 5.41) is 0.279. The second kappa shape index (κ2) is 7.05. The fourth-order valence-corrected chi connectivity index (χ4v) is 4.43. The minimum absolute atomic E-state index is 0.0692. The van der Waals surface area contributed by atoms with E-state index < -0.39 is 0 Å². The predicted molar refractivity (Wildman–Crippen MR) is 102 cm³/mol. The molecule has 0 aliphatic rings. The molecular weight excluding hydrogens is 307 g/mol. The summed E-state index contributed by atoms with van der Waals surface area (Å²) in [7, 11) is 2.75. The zero-order valence-corrected chi connectivity index (χ0v) is 17.1. The van der Waals surface area contributed by atoms with Gasteiger partial charge in [0, 0.05) is 10.3 Å². The van der Waals surface area contributed by atoms with E-state index in [0.29, 0.717) is 0 Å². The van der Waals surface area contributed by atoms with Gasteiger partial charge in [0.25, 0.3) is 0 Å². The summed E-state index contributed by atoms with van der Waals surface area (Å²) in [5.41, 5.74) is 0.917. The first-order valence-corrected chi connectivity index (χ1v) is 9.54. The van der Waals surface area contributed by atoms with Gasteiger partial charge in [0.05, 0.1) is 0 Å². The Kier molecular flexibility index (Phi) is 6.32. The Bertz CT molecular complexity index is 525. The van der Waals surface area contributed by atoms with Crippen molar-refractivity contribution in [2.45, 2.75) is 65.9 Å². The molecule has 22 heavy (non-hydrogen) atoms. The fourth-order valence-electron chi connectivity index (χ4n) is 2.69. The standard InChI is InChI=1S/C19H31OPS/c1-17(2,3)13-19(7,18(4,5)6)16(20)22-15-11-9-8-10-14(15)12-21/h8-11H,12-13,21H2,1-7H3. The van der Waals surface area contributed by atoms with E-state index in [1.165, 1.54) is 17.3 Å². The summed E-state index contributed by atoms with van der Waals surface area (Å²) in [6.07, 6.45) is 1.76. The van der Waals surface area contributed by atoms with Crippen molar-refractivity contribution < 1.29 is 4.79 Å². The van der Waals surface area contributed by atoms with Crippen LogP contribution in [0.3, 0.4) is 0 Å². The molecule has 3 heteroatoms. The van der Waals surface area contributed by atoms with Gasteiger partial charge in [-0.15, -0.1) is 9.24 Å². The van der Waals surface area contributed by atoms with Crippen LogP contribution in [-0.4, -0.2) is 5.12 Å². The summed E-state index contributed by atoms with van der Waals surface area (Å²) >= 11 is 1.42. The number of carbonyl (C=O) groups is 1. The Morgan fingerprint density at radius 1 is 1.05 bits per heavy atom. The van der Waals surface area contributed by atoms with Crippen molar-refractivity contribution in [3.8, 4) is 0 Å². The molecule has 2 unspecified atom stereocenters. The average Bonchev–Trinajstić information content (AvgIpc) is 2.35. The van der Waals surface area contributed by atoms with E-state index >= 15 is 0 Å². The number of thioether (sulfide) groups is 1. The first kappa shape index (κ1) is 19.7. The molecule has 0 spiro atoms. The molecule has 0 heterocycles. The number of hydrogen-bond acceptors (Lipinski definition) is 2. The van der Waals surface area contributed by atoms with Crippen molar-refractivity contribution in [3.05, 3.63) is 29.8 Å². The van der Waals surface area contributed by atoms with Crippen molar-refractivity contribution >= 4 is 26.1 Å². The molecule has 0 aliphatic carbocycles. The van der Waals surface area contributed by atoms with E-state index in [9.17, 15) is 4.79 Å². The maximum Gasteiger partial charge on any atom is 0.200 e. The summed E-state index contributed by atoms with van der Waals surface area (Å²) in [6.45, 7) is 15.3. The highest BCUT2D eigenvalue weighted by Gasteiger charge is 2.46. The topological polar surface area (TPSA) is 17.1 Å². The third-order valence-corrected chi connectivity index (χ3v) is 6.08. The van der Waals surface area contributed by atoms with Gasteiger partial charge >= 0.3 is 0 Å². The molecule has 0 saturated carbocycles. The Hall–Kier alpha value is -0.330. The highest BCUT2D eigenvalue weighted by Crippen LogP contribution is 2.50. The maximum absolute atomic E-state index is 13.2. The molecule has 0 amide bonds. The van der Waals surface area contributed by atoms with Crippen LogP contribution in [0.15, 0.2) is 29.2 Å². The molecular formula is C19H31OPS. The van der Waals surface area contributed by atoms with Gasteiger partial charge in [-0.3, -0.25) is 4.79 Å². The number of rotatable bonds is 4. The van der Waals surface area contributed by atoms with E-state index in [0.717, 1.165) is 17.5 Å². The van der Waals surface area contributed by atoms with Crippen LogP contribution in [0.5, 0.6) is 0 Å². The molecule has 0 bridgehead atoms. The maximum atomic E-state index is 13.2. The Morgan fingerprint density at radius 2 is 1.59 bits per heavy atom. The van der Waals surface area contributed by atoms with Gasteiger partial charge < -0.3 is 0 Å². The van der Waals surface area contributed by atoms with Gasteiger partial charge in [0.2, 0.25) is 0 Å². The van der Waals surface area contributed by atoms with Crippen LogP contribution in [0.25, 0.3) is 0 Å². The van der Waals surface area contributed by atoms with Crippen LogP contribution < -0.4 is 0 Å². The molecule has 0 saturated heterocycles. The molecule has 1 nitrogen and oxygen atoms in total. The highest BCUT2D eigenvalue weighted by molar-refractivity contribution is 8.13. The van der Waals surface area contributed by atoms with Crippen LogP contribution >= 0.6 is 21.0 Å². The zero-order chi connectivity index (χ0) is 17.2. The smallest absolute Gasteiger partial charge is 0.200 e. The third kappa shape index (κ3) is 4.83. The number of benzene rings is 1. The zero-order valence-electron chi connectivity index (χ0n) is 15.1. The van der Waals surface area contributed by atoms with Crippen LogP contribution in [0.2, 0.25) is 0 Å². The largest absolute Gasteiger partial charge is 0.286 e. The van der Waals surface area contributed by atoms with Crippen LogP contribution in [0, 0.1) is 16.2 Å². The lowest BCUT2D eigenvalue weighted by Gasteiger charge is -2.44. The molecule has 1 aromatic carbocycles. The SMILES string of the molecule is CC(C)(C)CC(C)(C(=O)Sc1ccccc1CP)C(C)(C)C. The van der Waals surface area contributed by atoms with Crippen molar-refractivity contribution in [1.82, 2.24) is 0 Å². The molecule has 0 aromatic heterocycles. The van der Waals surface area contributed by atoms with E-state index in [2.05, 4.69) is 69.8 Å². The number of carbonyl (C=O) groups excluding carboxylic acids is 1. The summed E-state index contributed by atoms with van der Waals surface area (Å²) in [5.74, 6) is 0.